The molecule has 0 fully saturated rings. The predicted octanol–water partition coefficient (Wildman–Crippen LogP) is 0.594. The van der Waals surface area contributed by atoms with E-state index in [1.807, 2.05) is 0 Å². The van der Waals surface area contributed by atoms with Crippen molar-refractivity contribution >= 4 is 10.1 Å². The topological polar surface area (TPSA) is 52.6 Å². The molecule has 0 rings (SSSR count). The zero-order valence-electron chi connectivity index (χ0n) is 5.32. The van der Waals surface area contributed by atoms with E-state index in [2.05, 4.69) is 22.4 Å². The van der Waals surface area contributed by atoms with Crippen molar-refractivity contribution in [1.82, 2.24) is 0 Å². The fourth-order valence-electron chi connectivity index (χ4n) is 0.260. The minimum Gasteiger partial charge on any atom is -0.330 e. The minimum atomic E-state index is -3.61. The average Bonchev–Trinajstić information content (AvgIpc) is 1.84. The Morgan fingerprint density at radius 2 is 2.00 bits per heavy atom. The van der Waals surface area contributed by atoms with Gasteiger partial charge < -0.3 is 4.89 Å². The van der Waals surface area contributed by atoms with E-state index in [1.54, 1.807) is 0 Å². The molecule has 5 heteroatoms. The number of hydrogen-bond donors (Lipinski definition) is 0. The summed E-state index contributed by atoms with van der Waals surface area (Å²) in [5, 5.41) is 0. The summed E-state index contributed by atoms with van der Waals surface area (Å²) >= 11 is 0. The van der Waals surface area contributed by atoms with E-state index in [4.69, 9.17) is 0 Å². The first-order valence-electron chi connectivity index (χ1n) is 2.42. The standard InChI is InChI=1S/C5H8O4S/c1-3-5-10(6,7)9-8-4-2/h3-4H,1-2,5H2. The second-order valence-corrected chi connectivity index (χ2v) is 2.93. The van der Waals surface area contributed by atoms with Gasteiger partial charge in [0.25, 0.3) is 0 Å². The van der Waals surface area contributed by atoms with Crippen LogP contribution in [0.5, 0.6) is 0 Å². The lowest BCUT2D eigenvalue weighted by atomic mass is 10.8. The number of hydrogen-bond acceptors (Lipinski definition) is 4. The van der Waals surface area contributed by atoms with Gasteiger partial charge in [0.05, 0.1) is 5.75 Å². The zero-order chi connectivity index (χ0) is 8.04. The molecule has 0 aliphatic rings. The van der Waals surface area contributed by atoms with E-state index in [0.29, 0.717) is 0 Å². The molecule has 0 unspecified atom stereocenters. The van der Waals surface area contributed by atoms with Gasteiger partial charge in [0.2, 0.25) is 0 Å². The lowest BCUT2D eigenvalue weighted by Gasteiger charge is -1.96. The van der Waals surface area contributed by atoms with Gasteiger partial charge in [-0.25, -0.2) is 0 Å². The first-order chi connectivity index (χ1) is 4.62. The van der Waals surface area contributed by atoms with Crippen molar-refractivity contribution in [3.8, 4) is 0 Å². The van der Waals surface area contributed by atoms with Crippen LogP contribution < -0.4 is 0 Å². The SMILES string of the molecule is C=CCS(=O)(=O)OOC=C. The van der Waals surface area contributed by atoms with E-state index >= 15 is 0 Å². The maximum atomic E-state index is 10.5. The molecule has 0 saturated heterocycles. The van der Waals surface area contributed by atoms with Crippen molar-refractivity contribution in [3.05, 3.63) is 25.5 Å². The molecule has 58 valence electrons. The van der Waals surface area contributed by atoms with Gasteiger partial charge in [-0.2, -0.15) is 8.42 Å². The second-order valence-electron chi connectivity index (χ2n) is 1.34. The fraction of sp³-hybridized carbons (Fsp3) is 0.200. The molecule has 0 aliphatic carbocycles. The highest BCUT2D eigenvalue weighted by molar-refractivity contribution is 7.86. The van der Waals surface area contributed by atoms with E-state index in [-0.39, 0.29) is 5.75 Å². The van der Waals surface area contributed by atoms with Crippen molar-refractivity contribution in [2.24, 2.45) is 0 Å². The van der Waals surface area contributed by atoms with Crippen LogP contribution in [-0.4, -0.2) is 14.2 Å². The van der Waals surface area contributed by atoms with E-state index in [9.17, 15) is 8.42 Å². The Morgan fingerprint density at radius 1 is 1.40 bits per heavy atom. The molecule has 0 N–H and O–H groups in total. The Balaban J connectivity index is 3.87. The average molecular weight is 164 g/mol. The van der Waals surface area contributed by atoms with Gasteiger partial charge in [-0.3, -0.25) is 0 Å². The summed E-state index contributed by atoms with van der Waals surface area (Å²) in [4.78, 5) is 3.98. The second kappa shape index (κ2) is 4.08. The largest absolute Gasteiger partial charge is 0.330 e. The molecule has 0 amide bonds. The van der Waals surface area contributed by atoms with Gasteiger partial charge in [0, 0.05) is 0 Å². The van der Waals surface area contributed by atoms with Crippen LogP contribution in [0.15, 0.2) is 25.5 Å². The molecule has 0 aromatic carbocycles. The van der Waals surface area contributed by atoms with Crippen LogP contribution in [0.3, 0.4) is 0 Å². The summed E-state index contributed by atoms with van der Waals surface area (Å²) in [5.74, 6) is -0.277. The summed E-state index contributed by atoms with van der Waals surface area (Å²) in [6, 6.07) is 0. The van der Waals surface area contributed by atoms with Crippen LogP contribution in [0.2, 0.25) is 0 Å². The van der Waals surface area contributed by atoms with Gasteiger partial charge in [0.15, 0.2) is 0 Å². The molecule has 0 radical (unpaired) electrons. The predicted molar refractivity (Wildman–Crippen MR) is 36.4 cm³/mol. The summed E-state index contributed by atoms with van der Waals surface area (Å²) in [7, 11) is -3.61. The van der Waals surface area contributed by atoms with Crippen LogP contribution in [-0.2, 0) is 19.3 Å². The Kier molecular flexibility index (Phi) is 3.75. The number of rotatable bonds is 5. The molecule has 0 bridgehead atoms. The van der Waals surface area contributed by atoms with Crippen molar-refractivity contribution in [2.45, 2.75) is 0 Å². The Morgan fingerprint density at radius 3 is 2.40 bits per heavy atom. The maximum absolute atomic E-state index is 10.5. The minimum absolute atomic E-state index is 0.277. The molecule has 0 aromatic heterocycles. The monoisotopic (exact) mass is 164 g/mol. The van der Waals surface area contributed by atoms with Crippen LogP contribution in [0.1, 0.15) is 0 Å². The Bertz CT molecular complexity index is 204. The highest BCUT2D eigenvalue weighted by Crippen LogP contribution is 1.93. The summed E-state index contributed by atoms with van der Waals surface area (Å²) in [6.45, 7) is 6.30. The molecule has 0 spiro atoms. The molecular weight excluding hydrogens is 156 g/mol. The van der Waals surface area contributed by atoms with Crippen molar-refractivity contribution in [2.75, 3.05) is 5.75 Å². The summed E-state index contributed by atoms with van der Waals surface area (Å²) < 4.78 is 24.9. The van der Waals surface area contributed by atoms with Gasteiger partial charge >= 0.3 is 10.1 Å². The maximum Gasteiger partial charge on any atom is 0.306 e. The molecule has 0 saturated carbocycles. The lowest BCUT2D eigenvalue weighted by molar-refractivity contribution is -0.141. The molecule has 0 heterocycles. The normalized spacial score (nSPS) is 10.4. The smallest absolute Gasteiger partial charge is 0.306 e. The molecule has 0 atom stereocenters. The van der Waals surface area contributed by atoms with E-state index in [0.717, 1.165) is 6.26 Å². The summed E-state index contributed by atoms with van der Waals surface area (Å²) in [6.07, 6.45) is 2.07. The highest BCUT2D eigenvalue weighted by Gasteiger charge is 2.07. The van der Waals surface area contributed by atoms with E-state index in [1.165, 1.54) is 6.08 Å². The molecular formula is C5H8O4S. The molecule has 4 nitrogen and oxygen atoms in total. The zero-order valence-corrected chi connectivity index (χ0v) is 6.13. The Labute approximate surface area is 59.8 Å². The Hall–Kier alpha value is -0.810. The van der Waals surface area contributed by atoms with Gasteiger partial charge in [0.1, 0.15) is 6.26 Å². The van der Waals surface area contributed by atoms with Crippen LogP contribution in [0.25, 0.3) is 0 Å². The third kappa shape index (κ3) is 4.11. The lowest BCUT2D eigenvalue weighted by Crippen LogP contribution is -2.06. The summed E-state index contributed by atoms with van der Waals surface area (Å²) in [5.41, 5.74) is 0. The third-order valence-electron chi connectivity index (χ3n) is 0.533. The first-order valence-corrected chi connectivity index (χ1v) is 3.99. The van der Waals surface area contributed by atoms with Gasteiger partial charge in [-0.1, -0.05) is 17.0 Å². The van der Waals surface area contributed by atoms with Gasteiger partial charge in [-0.05, 0) is 0 Å². The van der Waals surface area contributed by atoms with Gasteiger partial charge in [-0.15, -0.1) is 6.58 Å². The highest BCUT2D eigenvalue weighted by atomic mass is 32.2. The fourth-order valence-corrected chi connectivity index (χ4v) is 0.779. The van der Waals surface area contributed by atoms with Crippen LogP contribution >= 0.6 is 0 Å². The van der Waals surface area contributed by atoms with Crippen molar-refractivity contribution < 1.29 is 17.6 Å². The molecule has 10 heavy (non-hydrogen) atoms. The van der Waals surface area contributed by atoms with Crippen LogP contribution in [0, 0.1) is 0 Å². The molecule has 0 aliphatic heterocycles. The van der Waals surface area contributed by atoms with E-state index < -0.39 is 10.1 Å². The quantitative estimate of drug-likeness (QED) is 0.258. The van der Waals surface area contributed by atoms with Crippen LogP contribution in [0.4, 0.5) is 0 Å². The third-order valence-corrected chi connectivity index (χ3v) is 1.46. The molecule has 0 aromatic rings. The van der Waals surface area contributed by atoms with Crippen molar-refractivity contribution in [3.63, 3.8) is 0 Å². The first kappa shape index (κ1) is 9.19. The van der Waals surface area contributed by atoms with Crippen molar-refractivity contribution in [1.29, 1.82) is 0 Å².